The highest BCUT2D eigenvalue weighted by Gasteiger charge is 2.27. The number of hydrogen-bond acceptors (Lipinski definition) is 4. The summed E-state index contributed by atoms with van der Waals surface area (Å²) in [4.78, 5) is 35.1. The van der Waals surface area contributed by atoms with E-state index in [0.717, 1.165) is 4.68 Å². The predicted molar refractivity (Wildman–Crippen MR) is 76.1 cm³/mol. The van der Waals surface area contributed by atoms with Crippen molar-refractivity contribution in [3.8, 4) is 5.69 Å². The van der Waals surface area contributed by atoms with Gasteiger partial charge < -0.3 is 0 Å². The van der Waals surface area contributed by atoms with E-state index in [0.29, 0.717) is 23.1 Å². The van der Waals surface area contributed by atoms with Crippen molar-refractivity contribution in [1.82, 2.24) is 5.27 Å². The highest BCUT2D eigenvalue weighted by Crippen LogP contribution is 2.14. The zero-order chi connectivity index (χ0) is 15.5. The third-order valence-corrected chi connectivity index (χ3v) is 3.22. The maximum absolute atomic E-state index is 12.6. The van der Waals surface area contributed by atoms with Gasteiger partial charge in [0.05, 0.1) is 5.56 Å². The number of H-pyrrole nitrogens is 1. The molecule has 0 aliphatic rings. The van der Waals surface area contributed by atoms with Gasteiger partial charge in [0, 0.05) is 11.6 Å². The van der Waals surface area contributed by atoms with Gasteiger partial charge in [-0.15, -0.1) is 0 Å². The molecule has 0 spiro atoms. The Morgan fingerprint density at radius 1 is 1.05 bits per heavy atom. The summed E-state index contributed by atoms with van der Waals surface area (Å²) in [6.07, 6.45) is 0.381. The summed E-state index contributed by atoms with van der Waals surface area (Å²) in [6.45, 7) is 0. The second-order valence-electron chi connectivity index (χ2n) is 4.53. The fourth-order valence-corrected chi connectivity index (χ4v) is 2.17. The molecule has 0 saturated heterocycles. The van der Waals surface area contributed by atoms with Crippen LogP contribution in [-0.4, -0.2) is 17.3 Å². The van der Waals surface area contributed by atoms with E-state index in [-0.39, 0.29) is 11.5 Å². The van der Waals surface area contributed by atoms with Crippen LogP contribution < -0.4 is 10.3 Å². The average Bonchev–Trinajstić information content (AvgIpc) is 2.95. The lowest BCUT2D eigenvalue weighted by molar-refractivity contribution is -0.671. The Kier molecular flexibility index (Phi) is 3.49. The van der Waals surface area contributed by atoms with Crippen LogP contribution in [0, 0.1) is 0 Å². The molecule has 0 aliphatic heterocycles. The number of carbonyl (C=O) groups is 2. The first-order chi connectivity index (χ1) is 10.7. The smallest absolute Gasteiger partial charge is 0.291 e. The van der Waals surface area contributed by atoms with Crippen molar-refractivity contribution in [2.24, 2.45) is 0 Å². The highest BCUT2D eigenvalue weighted by molar-refractivity contribution is 6.10. The van der Waals surface area contributed by atoms with Gasteiger partial charge in [0.25, 0.3) is 5.69 Å². The Bertz CT molecular complexity index is 894. The number of carbonyl (C=O) groups excluding carboxylic acids is 2. The molecule has 0 saturated carbocycles. The lowest BCUT2D eigenvalue weighted by Gasteiger charge is -2.02. The number of rotatable bonds is 4. The lowest BCUT2D eigenvalue weighted by Crippen LogP contribution is -2.40. The summed E-state index contributed by atoms with van der Waals surface area (Å²) in [6, 6.07) is 15.4. The van der Waals surface area contributed by atoms with Gasteiger partial charge in [0.15, 0.2) is 5.78 Å². The summed E-state index contributed by atoms with van der Waals surface area (Å²) >= 11 is 0. The van der Waals surface area contributed by atoms with Gasteiger partial charge in [-0.1, -0.05) is 42.5 Å². The summed E-state index contributed by atoms with van der Waals surface area (Å²) in [5, 5.41) is 2.33. The van der Waals surface area contributed by atoms with E-state index in [1.807, 2.05) is 6.07 Å². The Morgan fingerprint density at radius 3 is 2.45 bits per heavy atom. The molecule has 0 unspecified atom stereocenters. The topological polar surface area (TPSA) is 84.0 Å². The van der Waals surface area contributed by atoms with E-state index in [1.54, 1.807) is 48.5 Å². The first kappa shape index (κ1) is 13.7. The minimum atomic E-state index is -0.794. The summed E-state index contributed by atoms with van der Waals surface area (Å²) < 4.78 is 5.78. The molecule has 108 valence electrons. The molecule has 1 N–H and O–H groups in total. The first-order valence-corrected chi connectivity index (χ1v) is 6.50. The number of ketones is 1. The Labute approximate surface area is 124 Å². The molecule has 3 rings (SSSR count). The molecule has 22 heavy (non-hydrogen) atoms. The van der Waals surface area contributed by atoms with Crippen LogP contribution >= 0.6 is 0 Å². The summed E-state index contributed by atoms with van der Waals surface area (Å²) in [5.74, 6) is -0.220. The van der Waals surface area contributed by atoms with Crippen LogP contribution in [0.4, 0.5) is 0 Å². The number of benzene rings is 2. The number of hydrogen-bond donors (Lipinski definition) is 1. The van der Waals surface area contributed by atoms with Crippen LogP contribution in [0.15, 0.2) is 63.9 Å². The number of nitrogens with one attached hydrogen (secondary N) is 1. The molecule has 6 nitrogen and oxygen atoms in total. The summed E-state index contributed by atoms with van der Waals surface area (Å²) in [5.41, 5.74) is 0.211. The Hall–Kier alpha value is -3.28. The van der Waals surface area contributed by atoms with Crippen LogP contribution in [0.2, 0.25) is 0 Å². The summed E-state index contributed by atoms with van der Waals surface area (Å²) in [7, 11) is 0. The molecule has 0 radical (unpaired) electrons. The second kappa shape index (κ2) is 5.61. The maximum atomic E-state index is 12.6. The van der Waals surface area contributed by atoms with Crippen LogP contribution in [-0.2, 0) is 0 Å². The van der Waals surface area contributed by atoms with Crippen molar-refractivity contribution < 1.29 is 18.8 Å². The minimum Gasteiger partial charge on any atom is -0.291 e. The molecule has 0 atom stereocenters. The Balaban J connectivity index is 2.17. The van der Waals surface area contributed by atoms with Crippen molar-refractivity contribution in [2.45, 2.75) is 0 Å². The average molecular weight is 295 g/mol. The molecule has 0 amide bonds. The molecule has 0 aliphatic carbocycles. The largest absolute Gasteiger partial charge is 0.438 e. The van der Waals surface area contributed by atoms with Crippen LogP contribution in [0.1, 0.15) is 26.4 Å². The Morgan fingerprint density at radius 2 is 1.73 bits per heavy atom. The fourth-order valence-electron chi connectivity index (χ4n) is 2.17. The van der Waals surface area contributed by atoms with Gasteiger partial charge in [0.2, 0.25) is 6.29 Å². The van der Waals surface area contributed by atoms with Crippen LogP contribution in [0.25, 0.3) is 5.69 Å². The van der Waals surface area contributed by atoms with Crippen molar-refractivity contribution in [3.63, 3.8) is 0 Å². The van der Waals surface area contributed by atoms with E-state index in [2.05, 4.69) is 9.79 Å². The number of nitrogens with zero attached hydrogens (tertiary/aromatic N) is 1. The predicted octanol–water partition coefficient (Wildman–Crippen LogP) is 1.29. The van der Waals surface area contributed by atoms with Gasteiger partial charge >= 0.3 is 11.3 Å². The van der Waals surface area contributed by atoms with Crippen molar-refractivity contribution >= 4 is 12.1 Å². The number of aldehydes is 1. The van der Waals surface area contributed by atoms with Crippen LogP contribution in [0.5, 0.6) is 0 Å². The standard InChI is InChI=1S/C16H10N2O4/c19-10-14-16(21)22-17-18(14)13-9-5-4-8-12(13)15(20)11-6-2-1-3-7-11/h1-10H/p+1. The molecule has 2 aromatic carbocycles. The third kappa shape index (κ3) is 2.26. The van der Waals surface area contributed by atoms with E-state index in [4.69, 9.17) is 0 Å². The SMILES string of the molecule is O=Cc1c(=O)o[nH][n+]1-c1ccccc1C(=O)c1ccccc1. The number of para-hydroxylation sites is 1. The maximum Gasteiger partial charge on any atom is 0.438 e. The van der Waals surface area contributed by atoms with E-state index in [9.17, 15) is 14.4 Å². The quantitative estimate of drug-likeness (QED) is 0.446. The number of aromatic nitrogens is 2. The van der Waals surface area contributed by atoms with Crippen molar-refractivity contribution in [1.29, 1.82) is 0 Å². The van der Waals surface area contributed by atoms with Gasteiger partial charge in [-0.3, -0.25) is 14.1 Å². The zero-order valence-corrected chi connectivity index (χ0v) is 11.4. The molecule has 1 heterocycles. The third-order valence-electron chi connectivity index (χ3n) is 3.22. The van der Waals surface area contributed by atoms with Crippen LogP contribution in [0.3, 0.4) is 0 Å². The molecule has 3 aromatic rings. The minimum absolute atomic E-state index is 0.215. The number of aromatic amines is 1. The monoisotopic (exact) mass is 295 g/mol. The zero-order valence-electron chi connectivity index (χ0n) is 11.4. The second-order valence-corrected chi connectivity index (χ2v) is 4.53. The first-order valence-electron chi connectivity index (χ1n) is 6.50. The molecule has 0 fully saturated rings. The highest BCUT2D eigenvalue weighted by atomic mass is 16.5. The van der Waals surface area contributed by atoms with Crippen molar-refractivity contribution in [3.05, 3.63) is 81.8 Å². The molecular formula is C16H11N2O4+. The van der Waals surface area contributed by atoms with E-state index in [1.165, 1.54) is 0 Å². The molecule has 1 aromatic heterocycles. The fraction of sp³-hybridized carbons (Fsp3) is 0. The lowest BCUT2D eigenvalue weighted by atomic mass is 10.0. The normalized spacial score (nSPS) is 10.4. The van der Waals surface area contributed by atoms with Gasteiger partial charge in [0.1, 0.15) is 0 Å². The molecular weight excluding hydrogens is 284 g/mol. The van der Waals surface area contributed by atoms with Gasteiger partial charge in [-0.05, 0) is 16.0 Å². The van der Waals surface area contributed by atoms with Gasteiger partial charge in [-0.25, -0.2) is 4.79 Å². The van der Waals surface area contributed by atoms with Crippen molar-refractivity contribution in [2.75, 3.05) is 0 Å². The molecule has 6 heteroatoms. The van der Waals surface area contributed by atoms with E-state index < -0.39 is 5.63 Å². The molecule has 0 bridgehead atoms. The van der Waals surface area contributed by atoms with Gasteiger partial charge in [-0.2, -0.15) is 0 Å². The van der Waals surface area contributed by atoms with E-state index >= 15 is 0 Å².